The van der Waals surface area contributed by atoms with Crippen LogP contribution in [0.1, 0.15) is 86.5 Å². The van der Waals surface area contributed by atoms with Gasteiger partial charge in [0.25, 0.3) is 5.91 Å². The summed E-state index contributed by atoms with van der Waals surface area (Å²) >= 11 is 1.49. The standard InChI is InChI=1S/C22H32N2O4S/c1-22(2,3)13-8-9-15-16(12-13)29-21(24-17(25)10-11-18(26)27)19(15)20(28)23-14-6-4-5-7-14/h13-14H,4-12H2,1-3H3,(H,23,28)(H,24,25)(H,26,27). The largest absolute Gasteiger partial charge is 0.481 e. The van der Waals surface area contributed by atoms with Crippen LogP contribution in [-0.4, -0.2) is 28.9 Å². The molecule has 160 valence electrons. The van der Waals surface area contributed by atoms with Crippen LogP contribution < -0.4 is 10.6 Å². The van der Waals surface area contributed by atoms with Crippen molar-refractivity contribution in [3.8, 4) is 0 Å². The number of carbonyl (C=O) groups is 3. The molecule has 0 spiro atoms. The summed E-state index contributed by atoms with van der Waals surface area (Å²) in [7, 11) is 0. The lowest BCUT2D eigenvalue weighted by atomic mass is 9.72. The maximum Gasteiger partial charge on any atom is 0.303 e. The highest BCUT2D eigenvalue weighted by Gasteiger charge is 2.34. The van der Waals surface area contributed by atoms with E-state index in [1.165, 1.54) is 16.2 Å². The van der Waals surface area contributed by atoms with Crippen LogP contribution in [0.4, 0.5) is 5.00 Å². The molecule has 2 aliphatic rings. The lowest BCUT2D eigenvalue weighted by Crippen LogP contribution is -2.34. The van der Waals surface area contributed by atoms with Gasteiger partial charge in [-0.1, -0.05) is 33.6 Å². The zero-order valence-corrected chi connectivity index (χ0v) is 18.4. The Morgan fingerprint density at radius 1 is 1.10 bits per heavy atom. The third kappa shape index (κ3) is 5.38. The van der Waals surface area contributed by atoms with Crippen LogP contribution in [0.5, 0.6) is 0 Å². The first-order valence-corrected chi connectivity index (χ1v) is 11.4. The minimum absolute atomic E-state index is 0.0911. The van der Waals surface area contributed by atoms with Crippen LogP contribution in [-0.2, 0) is 22.4 Å². The zero-order valence-electron chi connectivity index (χ0n) is 17.6. The van der Waals surface area contributed by atoms with Gasteiger partial charge in [0, 0.05) is 17.3 Å². The van der Waals surface area contributed by atoms with Gasteiger partial charge in [-0.15, -0.1) is 11.3 Å². The predicted molar refractivity (Wildman–Crippen MR) is 115 cm³/mol. The first-order chi connectivity index (χ1) is 13.6. The molecule has 1 atom stereocenters. The number of hydrogen-bond acceptors (Lipinski definition) is 4. The molecule has 0 aromatic carbocycles. The number of anilines is 1. The number of fused-ring (bicyclic) bond motifs is 1. The summed E-state index contributed by atoms with van der Waals surface area (Å²) in [6, 6.07) is 0.208. The molecule has 0 bridgehead atoms. The van der Waals surface area contributed by atoms with Crippen LogP contribution in [0.15, 0.2) is 0 Å². The van der Waals surface area contributed by atoms with E-state index in [9.17, 15) is 14.4 Å². The Hall–Kier alpha value is -1.89. The second-order valence-corrected chi connectivity index (χ2v) is 10.5. The highest BCUT2D eigenvalue weighted by molar-refractivity contribution is 7.17. The van der Waals surface area contributed by atoms with E-state index in [4.69, 9.17) is 5.11 Å². The van der Waals surface area contributed by atoms with Gasteiger partial charge in [-0.3, -0.25) is 14.4 Å². The molecule has 0 saturated heterocycles. The summed E-state index contributed by atoms with van der Waals surface area (Å²) in [6.45, 7) is 6.75. The second kappa shape index (κ2) is 8.86. The number of aliphatic carboxylic acids is 1. The average Bonchev–Trinajstić information content (AvgIpc) is 3.25. The Labute approximate surface area is 176 Å². The fourth-order valence-electron chi connectivity index (χ4n) is 4.39. The van der Waals surface area contributed by atoms with Gasteiger partial charge in [-0.05, 0) is 49.0 Å². The van der Waals surface area contributed by atoms with Gasteiger partial charge in [-0.2, -0.15) is 0 Å². The average molecular weight is 421 g/mol. The molecule has 1 aromatic heterocycles. The Kier molecular flexibility index (Phi) is 6.66. The van der Waals surface area contributed by atoms with E-state index in [2.05, 4.69) is 31.4 Å². The lowest BCUT2D eigenvalue weighted by Gasteiger charge is -2.33. The monoisotopic (exact) mass is 420 g/mol. The SMILES string of the molecule is CC(C)(C)C1CCc2c(sc(NC(=O)CCC(=O)O)c2C(=O)NC2CCCC2)C1. The number of nitrogens with one attached hydrogen (secondary N) is 2. The van der Waals surface area contributed by atoms with E-state index in [0.717, 1.165) is 50.5 Å². The molecule has 3 N–H and O–H groups in total. The number of carboxylic acid groups (broad SMARTS) is 1. The Bertz CT molecular complexity index is 787. The third-order valence-corrected chi connectivity index (χ3v) is 7.40. The van der Waals surface area contributed by atoms with Crippen molar-refractivity contribution in [2.24, 2.45) is 11.3 Å². The van der Waals surface area contributed by atoms with Crippen molar-refractivity contribution >= 4 is 34.1 Å². The Balaban J connectivity index is 1.85. The van der Waals surface area contributed by atoms with Gasteiger partial charge >= 0.3 is 5.97 Å². The molecule has 29 heavy (non-hydrogen) atoms. The number of carbonyl (C=O) groups excluding carboxylic acids is 2. The van der Waals surface area contributed by atoms with Crippen LogP contribution in [0.25, 0.3) is 0 Å². The minimum atomic E-state index is -1.00. The van der Waals surface area contributed by atoms with Crippen LogP contribution in [0.3, 0.4) is 0 Å². The van der Waals surface area contributed by atoms with Gasteiger partial charge in [-0.25, -0.2) is 0 Å². The first-order valence-electron chi connectivity index (χ1n) is 10.6. The Morgan fingerprint density at radius 2 is 1.79 bits per heavy atom. The van der Waals surface area contributed by atoms with E-state index in [1.54, 1.807) is 0 Å². The normalized spacial score (nSPS) is 19.6. The molecule has 3 rings (SSSR count). The summed E-state index contributed by atoms with van der Waals surface area (Å²) in [5, 5.41) is 15.4. The zero-order chi connectivity index (χ0) is 21.2. The lowest BCUT2D eigenvalue weighted by molar-refractivity contribution is -0.138. The Morgan fingerprint density at radius 3 is 2.41 bits per heavy atom. The first kappa shape index (κ1) is 21.8. The van der Waals surface area contributed by atoms with Crippen LogP contribution in [0.2, 0.25) is 0 Å². The van der Waals surface area contributed by atoms with Gasteiger partial charge in [0.05, 0.1) is 12.0 Å². The summed E-state index contributed by atoms with van der Waals surface area (Å²) in [6.07, 6.45) is 6.76. The summed E-state index contributed by atoms with van der Waals surface area (Å²) in [5.41, 5.74) is 1.87. The molecular weight excluding hydrogens is 388 g/mol. The van der Waals surface area contributed by atoms with Gasteiger partial charge in [0.2, 0.25) is 5.91 Å². The number of rotatable bonds is 6. The number of amides is 2. The molecule has 2 amide bonds. The smallest absolute Gasteiger partial charge is 0.303 e. The molecule has 1 heterocycles. The van der Waals surface area contributed by atoms with Crippen molar-refractivity contribution in [2.75, 3.05) is 5.32 Å². The molecule has 6 nitrogen and oxygen atoms in total. The maximum atomic E-state index is 13.1. The van der Waals surface area contributed by atoms with E-state index >= 15 is 0 Å². The number of carboxylic acids is 1. The van der Waals surface area contributed by atoms with Crippen molar-refractivity contribution in [2.45, 2.75) is 84.6 Å². The van der Waals surface area contributed by atoms with Crippen LogP contribution >= 0.6 is 11.3 Å². The molecule has 1 aromatic rings. The molecule has 0 aliphatic heterocycles. The summed E-state index contributed by atoms with van der Waals surface area (Å²) < 4.78 is 0. The van der Waals surface area contributed by atoms with Gasteiger partial charge in [0.1, 0.15) is 5.00 Å². The van der Waals surface area contributed by atoms with E-state index in [1.807, 2.05) is 0 Å². The molecule has 1 saturated carbocycles. The molecule has 1 unspecified atom stereocenters. The van der Waals surface area contributed by atoms with Crippen molar-refractivity contribution < 1.29 is 19.5 Å². The highest BCUT2D eigenvalue weighted by atomic mass is 32.1. The fraction of sp³-hybridized carbons (Fsp3) is 0.682. The number of thiophene rings is 1. The fourth-order valence-corrected chi connectivity index (χ4v) is 5.73. The van der Waals surface area contributed by atoms with Gasteiger partial charge < -0.3 is 15.7 Å². The summed E-state index contributed by atoms with van der Waals surface area (Å²) in [5.74, 6) is -0.918. The summed E-state index contributed by atoms with van der Waals surface area (Å²) in [4.78, 5) is 37.4. The highest BCUT2D eigenvalue weighted by Crippen LogP contribution is 2.44. The third-order valence-electron chi connectivity index (χ3n) is 6.23. The maximum absolute atomic E-state index is 13.1. The van der Waals surface area contributed by atoms with Crippen molar-refractivity contribution in [3.05, 3.63) is 16.0 Å². The molecule has 0 radical (unpaired) electrons. The van der Waals surface area contributed by atoms with Crippen LogP contribution in [0, 0.1) is 11.3 Å². The topological polar surface area (TPSA) is 95.5 Å². The van der Waals surface area contributed by atoms with Crippen molar-refractivity contribution in [1.29, 1.82) is 0 Å². The van der Waals surface area contributed by atoms with E-state index in [0.29, 0.717) is 16.5 Å². The quantitative estimate of drug-likeness (QED) is 0.636. The van der Waals surface area contributed by atoms with Crippen molar-refractivity contribution in [3.63, 3.8) is 0 Å². The van der Waals surface area contributed by atoms with E-state index in [-0.39, 0.29) is 36.1 Å². The number of hydrogen-bond donors (Lipinski definition) is 3. The molecule has 7 heteroatoms. The second-order valence-electron chi connectivity index (χ2n) is 9.41. The predicted octanol–water partition coefficient (Wildman–Crippen LogP) is 4.37. The van der Waals surface area contributed by atoms with Crippen molar-refractivity contribution in [1.82, 2.24) is 5.32 Å². The molecule has 1 fully saturated rings. The minimum Gasteiger partial charge on any atom is -0.481 e. The van der Waals surface area contributed by atoms with E-state index < -0.39 is 5.97 Å². The molecule has 2 aliphatic carbocycles. The molecular formula is C22H32N2O4S. The van der Waals surface area contributed by atoms with Gasteiger partial charge in [0.15, 0.2) is 0 Å².